The van der Waals surface area contributed by atoms with Crippen molar-refractivity contribution in [3.63, 3.8) is 0 Å². The molecule has 0 aliphatic carbocycles. The molecule has 0 amide bonds. The Hall–Kier alpha value is -4.99. The lowest BCUT2D eigenvalue weighted by Gasteiger charge is -2.44. The molecule has 0 aliphatic heterocycles. The molecular weight excluding hydrogens is 785 g/mol. The maximum absolute atomic E-state index is 15.4. The Labute approximate surface area is 371 Å². The number of benzene rings is 6. The van der Waals surface area contributed by atoms with Crippen molar-refractivity contribution < 1.29 is 28.2 Å². The first-order valence-electron chi connectivity index (χ1n) is 22.1. The fraction of sp³-hybridized carbons (Fsp3) is 0.327. The molecule has 0 aromatic heterocycles. The van der Waals surface area contributed by atoms with Crippen LogP contribution in [-0.2, 0) is 53.6 Å². The predicted octanol–water partition coefficient (Wildman–Crippen LogP) is 12.5. The van der Waals surface area contributed by atoms with Crippen molar-refractivity contribution in [2.45, 2.75) is 102 Å². The molecule has 0 heterocycles. The van der Waals surface area contributed by atoms with Gasteiger partial charge < -0.3 is 23.4 Å². The Morgan fingerprint density at radius 1 is 0.468 bits per heavy atom. The average Bonchev–Trinajstić information content (AvgIpc) is 3.30. The van der Waals surface area contributed by atoms with E-state index < -0.39 is 32.2 Å². The monoisotopic (exact) mass is 848 g/mol. The van der Waals surface area contributed by atoms with Crippen LogP contribution in [0.5, 0.6) is 0 Å². The van der Waals surface area contributed by atoms with Crippen LogP contribution in [0, 0.1) is 0 Å². The molecule has 0 saturated heterocycles. The van der Waals surface area contributed by atoms with Gasteiger partial charge in [-0.2, -0.15) is 0 Å². The fourth-order valence-corrected chi connectivity index (χ4v) is 14.5. The summed E-state index contributed by atoms with van der Waals surface area (Å²) in [5, 5.41) is 0. The van der Waals surface area contributed by atoms with Crippen LogP contribution in [0.25, 0.3) is 0 Å². The second-order valence-corrected chi connectivity index (χ2v) is 22.4. The molecule has 6 aromatic rings. The Kier molecular flexibility index (Phi) is 17.2. The highest BCUT2D eigenvalue weighted by atomic mass is 28.4. The van der Waals surface area contributed by atoms with Crippen LogP contribution in [0.3, 0.4) is 0 Å². The standard InChI is InChI=1S/C55H64O6Si/c1-42(2)62(43(3)4,44(5)6)61-41-52(57-37-45-25-13-7-14-26-45)54(59-39-47-29-17-9-18-30-47)53(58-38-46-27-15-8-16-28-46)51(56)40-60-55(48-31-19-10-20-32-48,49-33-21-11-22-34-49)50-35-23-12-24-36-50/h7-36,42-44,52-54H,37-41H2,1-6H3/t52-,53+,54-/m1/s1. The number of hydrogen-bond acceptors (Lipinski definition) is 6. The summed E-state index contributed by atoms with van der Waals surface area (Å²) < 4.78 is 35.3. The lowest BCUT2D eigenvalue weighted by molar-refractivity contribution is -0.176. The highest BCUT2D eigenvalue weighted by molar-refractivity contribution is 6.77. The smallest absolute Gasteiger partial charge is 0.200 e. The highest BCUT2D eigenvalue weighted by Crippen LogP contribution is 2.43. The largest absolute Gasteiger partial charge is 0.413 e. The summed E-state index contributed by atoms with van der Waals surface area (Å²) in [5.41, 5.74) is 5.51. The van der Waals surface area contributed by atoms with Crippen molar-refractivity contribution in [1.82, 2.24) is 0 Å². The van der Waals surface area contributed by atoms with Crippen LogP contribution >= 0.6 is 0 Å². The van der Waals surface area contributed by atoms with Crippen LogP contribution in [0.15, 0.2) is 182 Å². The van der Waals surface area contributed by atoms with Gasteiger partial charge in [-0.1, -0.05) is 224 Å². The van der Waals surface area contributed by atoms with Gasteiger partial charge in [-0.15, -0.1) is 0 Å². The van der Waals surface area contributed by atoms with E-state index in [1.807, 2.05) is 146 Å². The molecule has 324 valence electrons. The van der Waals surface area contributed by atoms with E-state index in [2.05, 4.69) is 77.9 Å². The third kappa shape index (κ3) is 11.5. The molecule has 0 fully saturated rings. The lowest BCUT2D eigenvalue weighted by atomic mass is 9.80. The Morgan fingerprint density at radius 2 is 0.806 bits per heavy atom. The first-order chi connectivity index (χ1) is 30.1. The van der Waals surface area contributed by atoms with Gasteiger partial charge in [0.05, 0.1) is 26.4 Å². The van der Waals surface area contributed by atoms with Crippen LogP contribution in [0.2, 0.25) is 16.6 Å². The summed E-state index contributed by atoms with van der Waals surface area (Å²) >= 11 is 0. The van der Waals surface area contributed by atoms with Gasteiger partial charge in [0.2, 0.25) is 0 Å². The van der Waals surface area contributed by atoms with Crippen molar-refractivity contribution in [2.24, 2.45) is 0 Å². The van der Waals surface area contributed by atoms with Crippen molar-refractivity contribution >= 4 is 14.1 Å². The number of rotatable bonds is 24. The third-order valence-corrected chi connectivity index (χ3v) is 18.1. The van der Waals surface area contributed by atoms with E-state index >= 15 is 4.79 Å². The van der Waals surface area contributed by atoms with Crippen LogP contribution in [0.4, 0.5) is 0 Å². The molecule has 0 N–H and O–H groups in total. The first-order valence-corrected chi connectivity index (χ1v) is 24.2. The number of Topliss-reactive ketones (excluding diaryl/α,β-unsaturated/α-hetero) is 1. The summed E-state index contributed by atoms with van der Waals surface area (Å²) in [5.74, 6) is -0.264. The third-order valence-electron chi connectivity index (χ3n) is 12.0. The lowest BCUT2D eigenvalue weighted by Crippen LogP contribution is -2.54. The zero-order chi connectivity index (χ0) is 43.8. The van der Waals surface area contributed by atoms with Crippen molar-refractivity contribution in [2.75, 3.05) is 13.2 Å². The quantitative estimate of drug-likeness (QED) is 0.0447. The minimum atomic E-state index is -2.40. The number of ketones is 1. The summed E-state index contributed by atoms with van der Waals surface area (Å²) in [6, 6.07) is 60.4. The molecule has 6 nitrogen and oxygen atoms in total. The van der Waals surface area contributed by atoms with Gasteiger partial charge in [-0.3, -0.25) is 4.79 Å². The molecule has 0 bridgehead atoms. The number of ether oxygens (including phenoxy) is 4. The SMILES string of the molecule is CC(C)[Si](OC[C@@H](OCc1ccccc1)[C@@H](OCc1ccccc1)[C@@H](OCc1ccccc1)C(=O)COC(c1ccccc1)(c1ccccc1)c1ccccc1)(C(C)C)C(C)C. The summed E-state index contributed by atoms with van der Waals surface area (Å²) in [6.07, 6.45) is -2.66. The molecule has 0 saturated carbocycles. The summed E-state index contributed by atoms with van der Waals surface area (Å²) in [6.45, 7) is 14.3. The molecule has 3 atom stereocenters. The molecule has 0 spiro atoms. The normalized spacial score (nSPS) is 13.6. The van der Waals surface area contributed by atoms with Gasteiger partial charge >= 0.3 is 0 Å². The van der Waals surface area contributed by atoms with E-state index in [1.165, 1.54) is 0 Å². The maximum Gasteiger partial charge on any atom is 0.200 e. The molecular formula is C55H64O6Si. The van der Waals surface area contributed by atoms with Gasteiger partial charge in [-0.05, 0) is 50.0 Å². The van der Waals surface area contributed by atoms with Crippen LogP contribution in [-0.4, -0.2) is 45.6 Å². The molecule has 62 heavy (non-hydrogen) atoms. The summed E-state index contributed by atoms with van der Waals surface area (Å²) in [7, 11) is -2.40. The van der Waals surface area contributed by atoms with Gasteiger partial charge in [0.25, 0.3) is 0 Å². The average molecular weight is 849 g/mol. The molecule has 0 unspecified atom stereocenters. The van der Waals surface area contributed by atoms with Crippen LogP contribution in [0.1, 0.15) is 74.9 Å². The predicted molar refractivity (Wildman–Crippen MR) is 252 cm³/mol. The molecule has 7 heteroatoms. The number of hydrogen-bond donors (Lipinski definition) is 0. The Morgan fingerprint density at radius 3 is 1.18 bits per heavy atom. The molecule has 0 radical (unpaired) electrons. The molecule has 6 aromatic carbocycles. The van der Waals surface area contributed by atoms with Gasteiger partial charge in [0.15, 0.2) is 14.1 Å². The molecule has 0 aliphatic rings. The highest BCUT2D eigenvalue weighted by Gasteiger charge is 2.47. The van der Waals surface area contributed by atoms with Crippen molar-refractivity contribution in [3.05, 3.63) is 215 Å². The first kappa shape index (κ1) is 46.5. The van der Waals surface area contributed by atoms with E-state index in [1.54, 1.807) is 0 Å². The Balaban J connectivity index is 1.45. The van der Waals surface area contributed by atoms with Crippen LogP contribution < -0.4 is 0 Å². The minimum absolute atomic E-state index is 0.179. The zero-order valence-corrected chi connectivity index (χ0v) is 38.3. The minimum Gasteiger partial charge on any atom is -0.413 e. The molecule has 6 rings (SSSR count). The van der Waals surface area contributed by atoms with Crippen molar-refractivity contribution in [3.8, 4) is 0 Å². The van der Waals surface area contributed by atoms with Gasteiger partial charge in [-0.25, -0.2) is 0 Å². The second-order valence-electron chi connectivity index (χ2n) is 17.0. The van der Waals surface area contributed by atoms with E-state index in [0.717, 1.165) is 33.4 Å². The zero-order valence-electron chi connectivity index (χ0n) is 37.3. The van der Waals surface area contributed by atoms with E-state index in [0.29, 0.717) is 23.2 Å². The maximum atomic E-state index is 15.4. The summed E-state index contributed by atoms with van der Waals surface area (Å²) in [4.78, 5) is 15.4. The van der Waals surface area contributed by atoms with E-state index in [9.17, 15) is 0 Å². The Bertz CT molecular complexity index is 2050. The fourth-order valence-electron chi connectivity index (χ4n) is 9.06. The van der Waals surface area contributed by atoms with E-state index in [-0.39, 0.29) is 32.2 Å². The van der Waals surface area contributed by atoms with Gasteiger partial charge in [0.1, 0.15) is 30.5 Å². The number of carbonyl (C=O) groups excluding carboxylic acids is 1. The second kappa shape index (κ2) is 22.9. The van der Waals surface area contributed by atoms with Gasteiger partial charge in [0, 0.05) is 0 Å². The topological polar surface area (TPSA) is 63.2 Å². The van der Waals surface area contributed by atoms with Crippen molar-refractivity contribution in [1.29, 1.82) is 0 Å². The van der Waals surface area contributed by atoms with E-state index in [4.69, 9.17) is 23.4 Å². The number of carbonyl (C=O) groups is 1.